The Labute approximate surface area is 126 Å². The molecule has 21 heavy (non-hydrogen) atoms. The van der Waals surface area contributed by atoms with E-state index in [9.17, 15) is 18.0 Å². The molecule has 0 atom stereocenters. The van der Waals surface area contributed by atoms with Crippen molar-refractivity contribution < 1.29 is 18.0 Å². The van der Waals surface area contributed by atoms with E-state index in [4.69, 9.17) is 5.73 Å². The number of rotatable bonds is 4. The van der Waals surface area contributed by atoms with Crippen molar-refractivity contribution >= 4 is 29.0 Å². The van der Waals surface area contributed by atoms with Gasteiger partial charge in [0.05, 0.1) is 16.9 Å². The molecule has 0 aliphatic rings. The first kappa shape index (κ1) is 17.7. The number of benzene rings is 1. The van der Waals surface area contributed by atoms with Crippen molar-refractivity contribution in [2.45, 2.75) is 38.1 Å². The molecule has 0 aliphatic heterocycles. The smallest absolute Gasteiger partial charge is 0.397 e. The van der Waals surface area contributed by atoms with Gasteiger partial charge >= 0.3 is 6.18 Å². The lowest BCUT2D eigenvalue weighted by molar-refractivity contribution is -0.137. The lowest BCUT2D eigenvalue weighted by Crippen LogP contribution is -2.16. The van der Waals surface area contributed by atoms with Crippen LogP contribution in [0, 0.1) is 0 Å². The molecule has 3 N–H and O–H groups in total. The minimum atomic E-state index is -4.44. The molecule has 1 aromatic rings. The van der Waals surface area contributed by atoms with E-state index in [1.165, 1.54) is 6.07 Å². The standard InChI is InChI=1S/C14H19F3N2OS/c1-13(2,3)21-7-6-12(20)19-11-5-4-9(8-10(11)18)14(15,16)17/h4-5,8H,6-7,18H2,1-3H3,(H,19,20). The summed E-state index contributed by atoms with van der Waals surface area (Å²) in [6, 6.07) is 2.89. The van der Waals surface area contributed by atoms with E-state index in [1.54, 1.807) is 11.8 Å². The molecule has 118 valence electrons. The number of thioether (sulfide) groups is 1. The average Bonchev–Trinajstić information content (AvgIpc) is 2.28. The highest BCUT2D eigenvalue weighted by atomic mass is 32.2. The summed E-state index contributed by atoms with van der Waals surface area (Å²) in [5.41, 5.74) is 4.82. The van der Waals surface area contributed by atoms with Crippen molar-refractivity contribution in [1.29, 1.82) is 0 Å². The first-order chi connectivity index (χ1) is 9.49. The molecule has 1 amide bonds. The lowest BCUT2D eigenvalue weighted by Gasteiger charge is -2.17. The molecular weight excluding hydrogens is 301 g/mol. The third-order valence-electron chi connectivity index (χ3n) is 2.52. The minimum Gasteiger partial charge on any atom is -0.397 e. The van der Waals surface area contributed by atoms with Crippen LogP contribution in [0.3, 0.4) is 0 Å². The monoisotopic (exact) mass is 320 g/mol. The number of anilines is 2. The second kappa shape index (κ2) is 6.60. The number of halogens is 3. The Morgan fingerprint density at radius 1 is 1.29 bits per heavy atom. The number of carbonyl (C=O) groups is 1. The molecule has 0 radical (unpaired) electrons. The van der Waals surface area contributed by atoms with Crippen molar-refractivity contribution in [1.82, 2.24) is 0 Å². The summed E-state index contributed by atoms with van der Waals surface area (Å²) in [5, 5.41) is 2.53. The lowest BCUT2D eigenvalue weighted by atomic mass is 10.1. The number of alkyl halides is 3. The van der Waals surface area contributed by atoms with Crippen LogP contribution in [0.1, 0.15) is 32.8 Å². The Kier molecular flexibility index (Phi) is 5.55. The van der Waals surface area contributed by atoms with Gasteiger partial charge in [-0.05, 0) is 18.2 Å². The van der Waals surface area contributed by atoms with Gasteiger partial charge in [0.2, 0.25) is 5.91 Å². The maximum absolute atomic E-state index is 12.5. The number of nitrogen functional groups attached to an aromatic ring is 1. The van der Waals surface area contributed by atoms with E-state index < -0.39 is 11.7 Å². The summed E-state index contributed by atoms with van der Waals surface area (Å²) in [5.74, 6) is 0.369. The van der Waals surface area contributed by atoms with Crippen LogP contribution >= 0.6 is 11.8 Å². The number of carbonyl (C=O) groups excluding carboxylic acids is 1. The Bertz CT molecular complexity index is 510. The average molecular weight is 320 g/mol. The highest BCUT2D eigenvalue weighted by Crippen LogP contribution is 2.33. The largest absolute Gasteiger partial charge is 0.416 e. The van der Waals surface area contributed by atoms with Crippen molar-refractivity contribution in [2.24, 2.45) is 0 Å². The fourth-order valence-electron chi connectivity index (χ4n) is 1.52. The van der Waals surface area contributed by atoms with Crippen molar-refractivity contribution in [3.63, 3.8) is 0 Å². The zero-order valence-electron chi connectivity index (χ0n) is 12.2. The van der Waals surface area contributed by atoms with Gasteiger partial charge in [-0.25, -0.2) is 0 Å². The first-order valence-corrected chi connectivity index (χ1v) is 7.38. The number of nitrogens with two attached hydrogens (primary N) is 1. The first-order valence-electron chi connectivity index (χ1n) is 6.39. The van der Waals surface area contributed by atoms with Crippen molar-refractivity contribution in [2.75, 3.05) is 16.8 Å². The maximum atomic E-state index is 12.5. The van der Waals surface area contributed by atoms with Crippen LogP contribution in [-0.4, -0.2) is 16.4 Å². The zero-order chi connectivity index (χ0) is 16.3. The number of amides is 1. The molecule has 0 aliphatic carbocycles. The second-order valence-electron chi connectivity index (χ2n) is 5.56. The van der Waals surface area contributed by atoms with Gasteiger partial charge < -0.3 is 11.1 Å². The number of hydrogen-bond donors (Lipinski definition) is 2. The summed E-state index contributed by atoms with van der Waals surface area (Å²) in [4.78, 5) is 11.7. The number of hydrogen-bond acceptors (Lipinski definition) is 3. The predicted molar refractivity (Wildman–Crippen MR) is 81.3 cm³/mol. The van der Waals surface area contributed by atoms with Gasteiger partial charge in [0.25, 0.3) is 0 Å². The maximum Gasteiger partial charge on any atom is 0.416 e. The molecule has 0 spiro atoms. The summed E-state index contributed by atoms with van der Waals surface area (Å²) < 4.78 is 37.5. The molecule has 0 aromatic heterocycles. The van der Waals surface area contributed by atoms with Gasteiger partial charge in [0, 0.05) is 16.9 Å². The van der Waals surface area contributed by atoms with Gasteiger partial charge in [0.15, 0.2) is 0 Å². The van der Waals surface area contributed by atoms with Crippen LogP contribution < -0.4 is 11.1 Å². The molecule has 1 rings (SSSR count). The van der Waals surface area contributed by atoms with E-state index in [0.717, 1.165) is 12.1 Å². The molecule has 3 nitrogen and oxygen atoms in total. The predicted octanol–water partition coefficient (Wildman–Crippen LogP) is 4.15. The normalized spacial score (nSPS) is 12.3. The molecule has 0 fully saturated rings. The molecule has 0 bridgehead atoms. The Morgan fingerprint density at radius 2 is 1.90 bits per heavy atom. The minimum absolute atomic E-state index is 0.0632. The van der Waals surface area contributed by atoms with Gasteiger partial charge in [0.1, 0.15) is 0 Å². The summed E-state index contributed by atoms with van der Waals surface area (Å²) in [6.45, 7) is 6.14. The van der Waals surface area contributed by atoms with E-state index >= 15 is 0 Å². The molecule has 0 saturated carbocycles. The van der Waals surface area contributed by atoms with E-state index in [2.05, 4.69) is 5.32 Å². The van der Waals surface area contributed by atoms with Gasteiger partial charge in [-0.15, -0.1) is 0 Å². The zero-order valence-corrected chi connectivity index (χ0v) is 13.0. The van der Waals surface area contributed by atoms with Crippen LogP contribution in [0.15, 0.2) is 18.2 Å². The molecule has 0 unspecified atom stereocenters. The quantitative estimate of drug-likeness (QED) is 0.820. The van der Waals surface area contributed by atoms with E-state index in [1.807, 2.05) is 20.8 Å². The van der Waals surface area contributed by atoms with Gasteiger partial charge in [-0.1, -0.05) is 20.8 Å². The third kappa shape index (κ3) is 6.29. The number of nitrogens with one attached hydrogen (secondary N) is 1. The van der Waals surface area contributed by atoms with Gasteiger partial charge in [-0.2, -0.15) is 24.9 Å². The molecule has 7 heteroatoms. The summed E-state index contributed by atoms with van der Waals surface area (Å²) in [7, 11) is 0. The van der Waals surface area contributed by atoms with Crippen LogP contribution in [0.4, 0.5) is 24.5 Å². The molecule has 0 saturated heterocycles. The van der Waals surface area contributed by atoms with E-state index in [0.29, 0.717) is 5.75 Å². The fraction of sp³-hybridized carbons (Fsp3) is 0.500. The summed E-state index contributed by atoms with van der Waals surface area (Å²) in [6.07, 6.45) is -4.16. The molecule has 1 aromatic carbocycles. The highest BCUT2D eigenvalue weighted by molar-refractivity contribution is 8.00. The summed E-state index contributed by atoms with van der Waals surface area (Å²) >= 11 is 1.64. The van der Waals surface area contributed by atoms with Crippen LogP contribution in [-0.2, 0) is 11.0 Å². The Hall–Kier alpha value is -1.37. The van der Waals surface area contributed by atoms with Crippen LogP contribution in [0.5, 0.6) is 0 Å². The van der Waals surface area contributed by atoms with Gasteiger partial charge in [-0.3, -0.25) is 4.79 Å². The highest BCUT2D eigenvalue weighted by Gasteiger charge is 2.30. The van der Waals surface area contributed by atoms with Crippen molar-refractivity contribution in [3.05, 3.63) is 23.8 Å². The molecular formula is C14H19F3N2OS. The van der Waals surface area contributed by atoms with Crippen molar-refractivity contribution in [3.8, 4) is 0 Å². The fourth-order valence-corrected chi connectivity index (χ4v) is 2.42. The topological polar surface area (TPSA) is 55.1 Å². The second-order valence-corrected chi connectivity index (χ2v) is 7.48. The SMILES string of the molecule is CC(C)(C)SCCC(=O)Nc1ccc(C(F)(F)F)cc1N. The third-order valence-corrected chi connectivity index (χ3v) is 3.79. The Balaban J connectivity index is 2.61. The van der Waals surface area contributed by atoms with E-state index in [-0.39, 0.29) is 28.4 Å². The molecule has 0 heterocycles. The van der Waals surface area contributed by atoms with Crippen LogP contribution in [0.25, 0.3) is 0 Å². The Morgan fingerprint density at radius 3 is 2.38 bits per heavy atom. The van der Waals surface area contributed by atoms with Crippen LogP contribution in [0.2, 0.25) is 0 Å².